The molecule has 0 aromatic heterocycles. The molecule has 16 heavy (non-hydrogen) atoms. The molecule has 0 saturated carbocycles. The van der Waals surface area contributed by atoms with Crippen LogP contribution in [0.4, 0.5) is 0 Å². The van der Waals surface area contributed by atoms with E-state index in [2.05, 4.69) is 18.9 Å². The Morgan fingerprint density at radius 1 is 1.38 bits per heavy atom. The van der Waals surface area contributed by atoms with Crippen LogP contribution >= 0.6 is 0 Å². The van der Waals surface area contributed by atoms with E-state index in [1.54, 1.807) is 6.92 Å². The lowest BCUT2D eigenvalue weighted by Crippen LogP contribution is -2.36. The molecule has 0 fully saturated rings. The first-order valence-electron chi connectivity index (χ1n) is 4.58. The first-order valence-corrected chi connectivity index (χ1v) is 4.58. The molecule has 4 N–H and O–H groups in total. The summed E-state index contributed by atoms with van der Waals surface area (Å²) >= 11 is 0. The number of aliphatic hydroxyl groups excluding tert-OH is 1. The predicted molar refractivity (Wildman–Crippen MR) is 60.1 cm³/mol. The molecule has 0 unspecified atom stereocenters. The Hall–Kier alpha value is -1.66. The summed E-state index contributed by atoms with van der Waals surface area (Å²) in [5.41, 5.74) is 4.53. The monoisotopic (exact) mass is 230 g/mol. The lowest BCUT2D eigenvalue weighted by Gasteiger charge is -2.19. The fourth-order valence-corrected chi connectivity index (χ4v) is 0.701. The van der Waals surface area contributed by atoms with Crippen molar-refractivity contribution in [3.63, 3.8) is 0 Å². The largest absolute Gasteiger partial charge is 0.367 e. The van der Waals surface area contributed by atoms with Gasteiger partial charge in [-0.1, -0.05) is 13.2 Å². The van der Waals surface area contributed by atoms with Crippen LogP contribution in [-0.4, -0.2) is 46.3 Å². The van der Waals surface area contributed by atoms with E-state index >= 15 is 0 Å². The molecule has 92 valence electrons. The van der Waals surface area contributed by atoms with Gasteiger partial charge in [-0.05, 0) is 19.1 Å². The van der Waals surface area contributed by atoms with E-state index in [1.807, 2.05) is 0 Å². The normalized spacial score (nSPS) is 8.75. The number of carbonyl (C=O) groups is 2. The van der Waals surface area contributed by atoms with Crippen LogP contribution in [0, 0.1) is 0 Å². The number of carbonyl (C=O) groups excluding carboxylic acids is 2. The number of likely N-dealkylation sites (N-methyl/N-ethyl adjacent to an activating group) is 1. The van der Waals surface area contributed by atoms with Crippen LogP contribution in [0.2, 0.25) is 0 Å². The molecule has 0 saturated heterocycles. The number of primary amides is 1. The van der Waals surface area contributed by atoms with E-state index in [0.717, 1.165) is 12.2 Å². The number of nitrogens with zero attached hydrogens (tertiary/aromatic N) is 1. The lowest BCUT2D eigenvalue weighted by molar-refractivity contribution is -0.132. The zero-order chi connectivity index (χ0) is 13.1. The summed E-state index contributed by atoms with van der Waals surface area (Å²) in [7, 11) is 0. The summed E-state index contributed by atoms with van der Waals surface area (Å²) in [6, 6.07) is 0. The molecule has 6 nitrogen and oxygen atoms in total. The zero-order valence-electron chi connectivity index (χ0n) is 9.30. The second-order valence-electron chi connectivity index (χ2n) is 2.67. The van der Waals surface area contributed by atoms with Gasteiger partial charge in [0.25, 0.3) is 0 Å². The molecule has 0 aliphatic carbocycles. The summed E-state index contributed by atoms with van der Waals surface area (Å²) in [4.78, 5) is 21.6. The van der Waals surface area contributed by atoms with Crippen molar-refractivity contribution >= 4 is 11.8 Å². The lowest BCUT2D eigenvalue weighted by atomic mass is 10.4. The summed E-state index contributed by atoms with van der Waals surface area (Å²) in [5.74, 6) is -0.773. The Morgan fingerprint density at radius 3 is 2.00 bits per heavy atom. The molecule has 0 aromatic rings. The molecule has 0 aliphatic rings. The topological polar surface area (TPSA) is 104 Å². The standard InChI is InChI=1S/C7H13NO3.C3H5NO/c1-3-6(9)8(4-2)5-7(10)11;1-2-3(4)5/h3,7,10-11H,1,4-5H2,2H3;2H,1H2,(H2,4,5). The van der Waals surface area contributed by atoms with Gasteiger partial charge in [0, 0.05) is 6.54 Å². The Bertz CT molecular complexity index is 251. The molecule has 0 spiro atoms. The summed E-state index contributed by atoms with van der Waals surface area (Å²) in [6.45, 7) is 8.50. The highest BCUT2D eigenvalue weighted by Crippen LogP contribution is 1.91. The summed E-state index contributed by atoms with van der Waals surface area (Å²) in [5, 5.41) is 17.1. The maximum atomic E-state index is 10.9. The number of amides is 2. The van der Waals surface area contributed by atoms with Crippen LogP contribution in [0.1, 0.15) is 6.92 Å². The van der Waals surface area contributed by atoms with Crippen LogP contribution in [0.25, 0.3) is 0 Å². The van der Waals surface area contributed by atoms with Gasteiger partial charge in [-0.25, -0.2) is 0 Å². The fraction of sp³-hybridized carbons (Fsp3) is 0.400. The molecule has 6 heteroatoms. The molecule has 0 bridgehead atoms. The van der Waals surface area contributed by atoms with E-state index in [9.17, 15) is 9.59 Å². The van der Waals surface area contributed by atoms with Crippen LogP contribution in [0.3, 0.4) is 0 Å². The third-order valence-corrected chi connectivity index (χ3v) is 1.45. The Kier molecular flexibility index (Phi) is 10.3. The van der Waals surface area contributed by atoms with Crippen LogP contribution in [0.5, 0.6) is 0 Å². The first kappa shape index (κ1) is 16.8. The first-order chi connectivity index (χ1) is 7.38. The van der Waals surface area contributed by atoms with Gasteiger partial charge in [0.15, 0.2) is 6.29 Å². The van der Waals surface area contributed by atoms with Gasteiger partial charge < -0.3 is 20.8 Å². The van der Waals surface area contributed by atoms with E-state index in [4.69, 9.17) is 10.2 Å². The molecular weight excluding hydrogens is 212 g/mol. The average molecular weight is 230 g/mol. The van der Waals surface area contributed by atoms with Gasteiger partial charge in [0.1, 0.15) is 0 Å². The van der Waals surface area contributed by atoms with Crippen LogP contribution in [0.15, 0.2) is 25.3 Å². The molecule has 0 aromatic carbocycles. The maximum Gasteiger partial charge on any atom is 0.246 e. The molecule has 0 aliphatic heterocycles. The molecule has 0 atom stereocenters. The number of rotatable bonds is 5. The number of hydrogen-bond donors (Lipinski definition) is 3. The molecule has 0 radical (unpaired) electrons. The van der Waals surface area contributed by atoms with Crippen molar-refractivity contribution in [2.24, 2.45) is 5.73 Å². The van der Waals surface area contributed by atoms with Gasteiger partial charge in [0.2, 0.25) is 11.8 Å². The Morgan fingerprint density at radius 2 is 1.81 bits per heavy atom. The number of nitrogens with two attached hydrogens (primary N) is 1. The molecule has 2 amide bonds. The molecule has 0 heterocycles. The quantitative estimate of drug-likeness (QED) is 0.416. The summed E-state index contributed by atoms with van der Waals surface area (Å²) < 4.78 is 0. The Balaban J connectivity index is 0. The second kappa shape index (κ2) is 9.88. The van der Waals surface area contributed by atoms with E-state index in [1.165, 1.54) is 4.90 Å². The predicted octanol–water partition coefficient (Wildman–Crippen LogP) is -1.01. The summed E-state index contributed by atoms with van der Waals surface area (Å²) in [6.07, 6.45) is 0.727. The van der Waals surface area contributed by atoms with Crippen LogP contribution < -0.4 is 5.73 Å². The van der Waals surface area contributed by atoms with Gasteiger partial charge in [-0.3, -0.25) is 9.59 Å². The van der Waals surface area contributed by atoms with Crippen molar-refractivity contribution in [1.82, 2.24) is 4.90 Å². The molecule has 0 rings (SSSR count). The van der Waals surface area contributed by atoms with Crippen molar-refractivity contribution in [1.29, 1.82) is 0 Å². The van der Waals surface area contributed by atoms with Crippen molar-refractivity contribution < 1.29 is 19.8 Å². The van der Waals surface area contributed by atoms with Gasteiger partial charge in [-0.15, -0.1) is 0 Å². The van der Waals surface area contributed by atoms with Crippen LogP contribution in [-0.2, 0) is 9.59 Å². The van der Waals surface area contributed by atoms with Crippen molar-refractivity contribution in [2.45, 2.75) is 13.2 Å². The van der Waals surface area contributed by atoms with Crippen molar-refractivity contribution in [2.75, 3.05) is 13.1 Å². The SMILES string of the molecule is C=CC(=O)N(CC)CC(O)O.C=CC(N)=O. The highest BCUT2D eigenvalue weighted by atomic mass is 16.5. The fourth-order valence-electron chi connectivity index (χ4n) is 0.701. The minimum Gasteiger partial charge on any atom is -0.367 e. The number of aliphatic hydroxyl groups is 2. The van der Waals surface area contributed by atoms with Gasteiger partial charge in [0.05, 0.1) is 6.54 Å². The smallest absolute Gasteiger partial charge is 0.246 e. The minimum atomic E-state index is -1.47. The highest BCUT2D eigenvalue weighted by molar-refractivity contribution is 5.86. The van der Waals surface area contributed by atoms with E-state index < -0.39 is 12.2 Å². The van der Waals surface area contributed by atoms with E-state index in [-0.39, 0.29) is 12.5 Å². The Labute approximate surface area is 94.7 Å². The second-order valence-corrected chi connectivity index (χ2v) is 2.67. The van der Waals surface area contributed by atoms with Crippen molar-refractivity contribution in [3.05, 3.63) is 25.3 Å². The highest BCUT2D eigenvalue weighted by Gasteiger charge is 2.10. The van der Waals surface area contributed by atoms with Gasteiger partial charge >= 0.3 is 0 Å². The third-order valence-electron chi connectivity index (χ3n) is 1.45. The molecular formula is C10H18N2O4. The minimum absolute atomic E-state index is 0.0681. The van der Waals surface area contributed by atoms with E-state index in [0.29, 0.717) is 6.54 Å². The average Bonchev–Trinajstić information content (AvgIpc) is 2.25. The van der Waals surface area contributed by atoms with Crippen molar-refractivity contribution in [3.8, 4) is 0 Å². The zero-order valence-corrected chi connectivity index (χ0v) is 9.30. The van der Waals surface area contributed by atoms with Gasteiger partial charge in [-0.2, -0.15) is 0 Å². The number of hydrogen-bond acceptors (Lipinski definition) is 4. The maximum absolute atomic E-state index is 10.9. The third kappa shape index (κ3) is 10.4.